The molecule has 1 N–H and O–H groups in total. The molecule has 2 rings (SSSR count). The van der Waals surface area contributed by atoms with Gasteiger partial charge in [0.2, 0.25) is 0 Å². The zero-order chi connectivity index (χ0) is 12.6. The van der Waals surface area contributed by atoms with Crippen LogP contribution in [0.15, 0.2) is 29.2 Å². The number of hydrogen-bond acceptors (Lipinski definition) is 4. The number of nitrogens with one attached hydrogen (secondary N) is 1. The summed E-state index contributed by atoms with van der Waals surface area (Å²) in [6.45, 7) is 6.15. The maximum Gasteiger partial charge on any atom is 0.250 e. The number of aromatic nitrogens is 1. The van der Waals surface area contributed by atoms with Gasteiger partial charge in [0, 0.05) is 63.0 Å². The van der Waals surface area contributed by atoms with Gasteiger partial charge in [-0.25, -0.2) is 0 Å². The first kappa shape index (κ1) is 13.6. The molecule has 4 nitrogen and oxygen atoms in total. The lowest BCUT2D eigenvalue weighted by molar-refractivity contribution is 0.300. The van der Waals surface area contributed by atoms with Crippen molar-refractivity contribution in [2.45, 2.75) is 6.54 Å². The van der Waals surface area contributed by atoms with Crippen molar-refractivity contribution in [2.24, 2.45) is 0 Å². The number of rotatable bonds is 6. The van der Waals surface area contributed by atoms with E-state index in [4.69, 9.17) is 0 Å². The summed E-state index contributed by atoms with van der Waals surface area (Å²) in [7, 11) is 0. The number of pyridine rings is 1. The Morgan fingerprint density at radius 3 is 2.72 bits per heavy atom. The van der Waals surface area contributed by atoms with E-state index in [0.29, 0.717) is 0 Å². The molecule has 0 spiro atoms. The van der Waals surface area contributed by atoms with Crippen molar-refractivity contribution in [2.75, 3.05) is 44.2 Å². The van der Waals surface area contributed by atoms with Gasteiger partial charge in [-0.1, -0.05) is 6.07 Å². The quantitative estimate of drug-likeness (QED) is 0.761. The third-order valence-electron chi connectivity index (χ3n) is 3.14. The zero-order valence-electron chi connectivity index (χ0n) is 10.7. The SMILES string of the molecule is O=c1ccccn1CCNCCN1CCSCC1. The molecular weight excluding hydrogens is 246 g/mol. The molecule has 0 bridgehead atoms. The van der Waals surface area contributed by atoms with E-state index in [1.165, 1.54) is 24.6 Å². The first-order valence-corrected chi connectivity index (χ1v) is 7.68. The van der Waals surface area contributed by atoms with Crippen LogP contribution in [0.4, 0.5) is 0 Å². The fourth-order valence-corrected chi connectivity index (χ4v) is 3.01. The van der Waals surface area contributed by atoms with E-state index < -0.39 is 0 Å². The predicted molar refractivity (Wildman–Crippen MR) is 77.3 cm³/mol. The van der Waals surface area contributed by atoms with E-state index in [1.54, 1.807) is 16.7 Å². The van der Waals surface area contributed by atoms with E-state index in [2.05, 4.69) is 10.2 Å². The molecule has 1 aliphatic rings. The van der Waals surface area contributed by atoms with Crippen molar-refractivity contribution in [3.05, 3.63) is 34.7 Å². The van der Waals surface area contributed by atoms with Gasteiger partial charge in [0.05, 0.1) is 0 Å². The van der Waals surface area contributed by atoms with Gasteiger partial charge in [-0.05, 0) is 6.07 Å². The second-order valence-corrected chi connectivity index (χ2v) is 5.66. The van der Waals surface area contributed by atoms with Crippen molar-refractivity contribution in [3.63, 3.8) is 0 Å². The van der Waals surface area contributed by atoms with Crippen LogP contribution >= 0.6 is 11.8 Å². The molecule has 100 valence electrons. The van der Waals surface area contributed by atoms with Crippen LogP contribution in [0.2, 0.25) is 0 Å². The molecule has 1 fully saturated rings. The first-order valence-electron chi connectivity index (χ1n) is 6.52. The summed E-state index contributed by atoms with van der Waals surface area (Å²) in [5.41, 5.74) is 0.0763. The Bertz CT molecular complexity index is 401. The summed E-state index contributed by atoms with van der Waals surface area (Å²) in [5.74, 6) is 2.53. The normalized spacial score (nSPS) is 16.9. The van der Waals surface area contributed by atoms with Crippen LogP contribution in [-0.2, 0) is 6.54 Å². The minimum atomic E-state index is 0.0763. The lowest BCUT2D eigenvalue weighted by atomic mass is 10.4. The van der Waals surface area contributed by atoms with E-state index in [1.807, 2.05) is 24.0 Å². The highest BCUT2D eigenvalue weighted by molar-refractivity contribution is 7.99. The fourth-order valence-electron chi connectivity index (χ4n) is 2.03. The summed E-state index contributed by atoms with van der Waals surface area (Å²) in [5, 5.41) is 3.40. The molecule has 2 heterocycles. The first-order chi connectivity index (χ1) is 8.86. The molecule has 0 radical (unpaired) electrons. The highest BCUT2D eigenvalue weighted by Gasteiger charge is 2.08. The van der Waals surface area contributed by atoms with Crippen LogP contribution < -0.4 is 10.9 Å². The van der Waals surface area contributed by atoms with Crippen molar-refractivity contribution in [1.29, 1.82) is 0 Å². The van der Waals surface area contributed by atoms with E-state index in [9.17, 15) is 4.79 Å². The number of thioether (sulfide) groups is 1. The zero-order valence-corrected chi connectivity index (χ0v) is 11.5. The van der Waals surface area contributed by atoms with Crippen molar-refractivity contribution in [1.82, 2.24) is 14.8 Å². The summed E-state index contributed by atoms with van der Waals surface area (Å²) >= 11 is 2.04. The fraction of sp³-hybridized carbons (Fsp3) is 0.615. The summed E-state index contributed by atoms with van der Waals surface area (Å²) < 4.78 is 1.74. The highest BCUT2D eigenvalue weighted by atomic mass is 32.2. The van der Waals surface area contributed by atoms with Gasteiger partial charge in [-0.15, -0.1) is 0 Å². The van der Waals surface area contributed by atoms with Gasteiger partial charge in [0.15, 0.2) is 0 Å². The standard InChI is InChI=1S/C13H21N3OS/c17-13-3-1-2-6-16(13)8-5-14-4-7-15-9-11-18-12-10-15/h1-3,6,14H,4-5,7-12H2. The predicted octanol–water partition coefficient (Wildman–Crippen LogP) is 0.487. The minimum Gasteiger partial charge on any atom is -0.314 e. The summed E-state index contributed by atoms with van der Waals surface area (Å²) in [6, 6.07) is 5.28. The van der Waals surface area contributed by atoms with Gasteiger partial charge >= 0.3 is 0 Å². The molecule has 5 heteroatoms. The molecule has 0 unspecified atom stereocenters. The lowest BCUT2D eigenvalue weighted by Gasteiger charge is -2.26. The molecular formula is C13H21N3OS. The molecule has 0 aliphatic carbocycles. The Morgan fingerprint density at radius 2 is 1.94 bits per heavy atom. The van der Waals surface area contributed by atoms with E-state index in [-0.39, 0.29) is 5.56 Å². The van der Waals surface area contributed by atoms with Gasteiger partial charge in [-0.2, -0.15) is 11.8 Å². The Balaban J connectivity index is 1.58. The average Bonchev–Trinajstić information content (AvgIpc) is 2.42. The molecule has 1 aromatic rings. The molecule has 1 saturated heterocycles. The molecule has 0 atom stereocenters. The Morgan fingerprint density at radius 1 is 1.17 bits per heavy atom. The molecule has 0 saturated carbocycles. The van der Waals surface area contributed by atoms with Crippen LogP contribution in [0.5, 0.6) is 0 Å². The van der Waals surface area contributed by atoms with E-state index >= 15 is 0 Å². The van der Waals surface area contributed by atoms with Gasteiger partial charge < -0.3 is 14.8 Å². The second-order valence-electron chi connectivity index (χ2n) is 4.44. The van der Waals surface area contributed by atoms with Crippen molar-refractivity contribution < 1.29 is 0 Å². The maximum absolute atomic E-state index is 11.5. The van der Waals surface area contributed by atoms with Gasteiger partial charge in [0.1, 0.15) is 0 Å². The highest BCUT2D eigenvalue weighted by Crippen LogP contribution is 2.07. The summed E-state index contributed by atoms with van der Waals surface area (Å²) in [6.07, 6.45) is 1.84. The third-order valence-corrected chi connectivity index (χ3v) is 4.08. The van der Waals surface area contributed by atoms with Gasteiger partial charge in [-0.3, -0.25) is 4.79 Å². The van der Waals surface area contributed by atoms with Gasteiger partial charge in [0.25, 0.3) is 5.56 Å². The van der Waals surface area contributed by atoms with Crippen molar-refractivity contribution >= 4 is 11.8 Å². The largest absolute Gasteiger partial charge is 0.314 e. The van der Waals surface area contributed by atoms with Crippen LogP contribution in [-0.4, -0.2) is 53.7 Å². The maximum atomic E-state index is 11.5. The molecule has 1 aliphatic heterocycles. The molecule has 18 heavy (non-hydrogen) atoms. The van der Waals surface area contributed by atoms with Crippen LogP contribution in [0.25, 0.3) is 0 Å². The summed E-state index contributed by atoms with van der Waals surface area (Å²) in [4.78, 5) is 14.0. The minimum absolute atomic E-state index is 0.0763. The van der Waals surface area contributed by atoms with Crippen LogP contribution in [0, 0.1) is 0 Å². The average molecular weight is 267 g/mol. The molecule has 0 amide bonds. The number of nitrogens with zero attached hydrogens (tertiary/aromatic N) is 2. The third kappa shape index (κ3) is 4.48. The Hall–Kier alpha value is -0.780. The van der Waals surface area contributed by atoms with Crippen LogP contribution in [0.1, 0.15) is 0 Å². The monoisotopic (exact) mass is 267 g/mol. The Kier molecular flexibility index (Phi) is 5.77. The van der Waals surface area contributed by atoms with Crippen molar-refractivity contribution in [3.8, 4) is 0 Å². The number of hydrogen-bond donors (Lipinski definition) is 1. The Labute approximate surface area is 112 Å². The smallest absolute Gasteiger partial charge is 0.250 e. The topological polar surface area (TPSA) is 37.3 Å². The van der Waals surface area contributed by atoms with E-state index in [0.717, 1.165) is 26.2 Å². The van der Waals surface area contributed by atoms with Crippen LogP contribution in [0.3, 0.4) is 0 Å². The molecule has 1 aromatic heterocycles. The second kappa shape index (κ2) is 7.61. The lowest BCUT2D eigenvalue weighted by Crippen LogP contribution is -2.38. The molecule has 0 aromatic carbocycles.